The highest BCUT2D eigenvalue weighted by molar-refractivity contribution is 5.86. The van der Waals surface area contributed by atoms with Gasteiger partial charge in [0.15, 0.2) is 0 Å². The van der Waals surface area contributed by atoms with Crippen molar-refractivity contribution in [3.8, 4) is 0 Å². The molecule has 3 heteroatoms. The molecule has 0 aliphatic carbocycles. The molecule has 0 aromatic heterocycles. The first kappa shape index (κ1) is 11.0. The van der Waals surface area contributed by atoms with E-state index < -0.39 is 5.97 Å². The fraction of sp³-hybridized carbons (Fsp3) is 0.667. The third-order valence-corrected chi connectivity index (χ3v) is 1.85. The average Bonchev–Trinajstić information content (AvgIpc) is 2.03. The SMILES string of the molecule is CCCCCC(N)=C(C)C(=O)O. The smallest absolute Gasteiger partial charge is 0.333 e. The van der Waals surface area contributed by atoms with E-state index in [0.29, 0.717) is 12.1 Å². The van der Waals surface area contributed by atoms with Crippen molar-refractivity contribution < 1.29 is 9.90 Å². The molecular formula is C9H17NO2. The first-order chi connectivity index (χ1) is 5.59. The van der Waals surface area contributed by atoms with Gasteiger partial charge < -0.3 is 10.8 Å². The highest BCUT2D eigenvalue weighted by atomic mass is 16.4. The molecule has 70 valence electrons. The Morgan fingerprint density at radius 1 is 1.42 bits per heavy atom. The van der Waals surface area contributed by atoms with Crippen LogP contribution in [0.2, 0.25) is 0 Å². The second-order valence-electron chi connectivity index (χ2n) is 2.91. The summed E-state index contributed by atoms with van der Waals surface area (Å²) in [6, 6.07) is 0. The Balaban J connectivity index is 3.91. The lowest BCUT2D eigenvalue weighted by Crippen LogP contribution is -2.07. The zero-order valence-electron chi connectivity index (χ0n) is 7.76. The molecule has 3 N–H and O–H groups in total. The van der Waals surface area contributed by atoms with E-state index in [0.717, 1.165) is 19.3 Å². The molecule has 0 saturated heterocycles. The molecule has 0 bridgehead atoms. The van der Waals surface area contributed by atoms with Gasteiger partial charge in [-0.15, -0.1) is 0 Å². The summed E-state index contributed by atoms with van der Waals surface area (Å²) in [5.41, 5.74) is 6.35. The highest BCUT2D eigenvalue weighted by Crippen LogP contribution is 2.08. The molecule has 0 unspecified atom stereocenters. The van der Waals surface area contributed by atoms with E-state index in [4.69, 9.17) is 10.8 Å². The number of unbranched alkanes of at least 4 members (excludes halogenated alkanes) is 2. The van der Waals surface area contributed by atoms with Crippen LogP contribution in [0.5, 0.6) is 0 Å². The van der Waals surface area contributed by atoms with E-state index in [-0.39, 0.29) is 5.57 Å². The topological polar surface area (TPSA) is 63.3 Å². The summed E-state index contributed by atoms with van der Waals surface area (Å²) < 4.78 is 0. The van der Waals surface area contributed by atoms with E-state index >= 15 is 0 Å². The van der Waals surface area contributed by atoms with Gasteiger partial charge in [0, 0.05) is 5.70 Å². The van der Waals surface area contributed by atoms with Crippen molar-refractivity contribution in [2.45, 2.75) is 39.5 Å². The number of aliphatic carboxylic acids is 1. The van der Waals surface area contributed by atoms with Crippen molar-refractivity contribution in [3.05, 3.63) is 11.3 Å². The maximum absolute atomic E-state index is 10.4. The Morgan fingerprint density at radius 2 is 2.00 bits per heavy atom. The first-order valence-corrected chi connectivity index (χ1v) is 4.28. The van der Waals surface area contributed by atoms with E-state index in [9.17, 15) is 4.79 Å². The number of nitrogens with two attached hydrogens (primary N) is 1. The molecule has 0 spiro atoms. The van der Waals surface area contributed by atoms with Crippen molar-refractivity contribution in [3.63, 3.8) is 0 Å². The molecule has 0 amide bonds. The molecule has 0 aromatic rings. The Labute approximate surface area is 73.3 Å². The predicted molar refractivity (Wildman–Crippen MR) is 48.7 cm³/mol. The number of rotatable bonds is 5. The summed E-state index contributed by atoms with van der Waals surface area (Å²) in [7, 11) is 0. The minimum Gasteiger partial charge on any atom is -0.478 e. The fourth-order valence-corrected chi connectivity index (χ4v) is 0.890. The Morgan fingerprint density at radius 3 is 2.42 bits per heavy atom. The standard InChI is InChI=1S/C9H17NO2/c1-3-4-5-6-8(10)7(2)9(11)12/h3-6,10H2,1-2H3,(H,11,12). The van der Waals surface area contributed by atoms with Gasteiger partial charge in [0.1, 0.15) is 0 Å². The van der Waals surface area contributed by atoms with Gasteiger partial charge in [-0.3, -0.25) is 0 Å². The van der Waals surface area contributed by atoms with Crippen molar-refractivity contribution in [1.82, 2.24) is 0 Å². The van der Waals surface area contributed by atoms with Crippen LogP contribution in [-0.4, -0.2) is 11.1 Å². The maximum atomic E-state index is 10.4. The summed E-state index contributed by atoms with van der Waals surface area (Å²) >= 11 is 0. The Bertz CT molecular complexity index is 185. The summed E-state index contributed by atoms with van der Waals surface area (Å²) in [6.45, 7) is 3.65. The summed E-state index contributed by atoms with van der Waals surface area (Å²) in [5.74, 6) is -0.913. The van der Waals surface area contributed by atoms with Crippen LogP contribution in [0, 0.1) is 0 Å². The monoisotopic (exact) mass is 171 g/mol. The zero-order chi connectivity index (χ0) is 9.56. The van der Waals surface area contributed by atoms with Crippen LogP contribution < -0.4 is 5.73 Å². The second kappa shape index (κ2) is 5.63. The van der Waals surface area contributed by atoms with Gasteiger partial charge in [-0.25, -0.2) is 4.79 Å². The van der Waals surface area contributed by atoms with Crippen LogP contribution in [0.4, 0.5) is 0 Å². The van der Waals surface area contributed by atoms with E-state index in [1.807, 2.05) is 0 Å². The van der Waals surface area contributed by atoms with Gasteiger partial charge >= 0.3 is 5.97 Å². The van der Waals surface area contributed by atoms with Crippen LogP contribution in [0.25, 0.3) is 0 Å². The van der Waals surface area contributed by atoms with E-state index in [1.54, 1.807) is 6.92 Å². The maximum Gasteiger partial charge on any atom is 0.333 e. The fourth-order valence-electron chi connectivity index (χ4n) is 0.890. The van der Waals surface area contributed by atoms with Gasteiger partial charge in [-0.2, -0.15) is 0 Å². The number of carboxylic acids is 1. The molecule has 3 nitrogen and oxygen atoms in total. The Kier molecular flexibility index (Phi) is 5.17. The Hall–Kier alpha value is -0.990. The molecule has 0 fully saturated rings. The molecule has 0 aliphatic heterocycles. The lowest BCUT2D eigenvalue weighted by molar-refractivity contribution is -0.132. The van der Waals surface area contributed by atoms with E-state index in [2.05, 4.69) is 6.92 Å². The normalized spacial score (nSPS) is 12.5. The molecule has 0 atom stereocenters. The number of hydrogen-bond acceptors (Lipinski definition) is 2. The average molecular weight is 171 g/mol. The predicted octanol–water partition coefficient (Wildman–Crippen LogP) is 1.88. The molecule has 12 heavy (non-hydrogen) atoms. The van der Waals surface area contributed by atoms with Crippen LogP contribution in [0.1, 0.15) is 39.5 Å². The van der Waals surface area contributed by atoms with Crippen LogP contribution in [-0.2, 0) is 4.79 Å². The van der Waals surface area contributed by atoms with Crippen LogP contribution in [0.15, 0.2) is 11.3 Å². The minimum atomic E-state index is -0.913. The summed E-state index contributed by atoms with van der Waals surface area (Å²) in [5, 5.41) is 8.57. The highest BCUT2D eigenvalue weighted by Gasteiger charge is 2.04. The van der Waals surface area contributed by atoms with Crippen molar-refractivity contribution in [2.24, 2.45) is 5.73 Å². The van der Waals surface area contributed by atoms with Gasteiger partial charge in [0.2, 0.25) is 0 Å². The minimum absolute atomic E-state index is 0.283. The lowest BCUT2D eigenvalue weighted by Gasteiger charge is -2.02. The second-order valence-corrected chi connectivity index (χ2v) is 2.91. The van der Waals surface area contributed by atoms with Crippen LogP contribution >= 0.6 is 0 Å². The zero-order valence-corrected chi connectivity index (χ0v) is 7.76. The van der Waals surface area contributed by atoms with Gasteiger partial charge in [-0.1, -0.05) is 19.8 Å². The van der Waals surface area contributed by atoms with Crippen molar-refractivity contribution in [2.75, 3.05) is 0 Å². The molecule has 0 saturated carbocycles. The number of allylic oxidation sites excluding steroid dienone is 1. The number of hydrogen-bond donors (Lipinski definition) is 2. The van der Waals surface area contributed by atoms with Gasteiger partial charge in [0.05, 0.1) is 5.57 Å². The third kappa shape index (κ3) is 4.01. The third-order valence-electron chi connectivity index (χ3n) is 1.85. The molecule has 0 aliphatic rings. The number of carbonyl (C=O) groups is 1. The molecule has 0 aromatic carbocycles. The van der Waals surface area contributed by atoms with Gasteiger partial charge in [-0.05, 0) is 19.8 Å². The molecule has 0 rings (SSSR count). The van der Waals surface area contributed by atoms with Crippen molar-refractivity contribution in [1.29, 1.82) is 0 Å². The molecular weight excluding hydrogens is 154 g/mol. The molecule has 0 heterocycles. The van der Waals surface area contributed by atoms with Crippen LogP contribution in [0.3, 0.4) is 0 Å². The summed E-state index contributed by atoms with van der Waals surface area (Å²) in [4.78, 5) is 10.4. The van der Waals surface area contributed by atoms with Gasteiger partial charge in [0.25, 0.3) is 0 Å². The number of carboxylic acid groups (broad SMARTS) is 1. The van der Waals surface area contributed by atoms with Crippen molar-refractivity contribution >= 4 is 5.97 Å². The largest absolute Gasteiger partial charge is 0.478 e. The molecule has 0 radical (unpaired) electrons. The first-order valence-electron chi connectivity index (χ1n) is 4.28. The summed E-state index contributed by atoms with van der Waals surface area (Å²) in [6.07, 6.45) is 3.91. The van der Waals surface area contributed by atoms with E-state index in [1.165, 1.54) is 0 Å². The lowest BCUT2D eigenvalue weighted by atomic mass is 10.1. The quantitative estimate of drug-likeness (QED) is 0.490.